The largest absolute Gasteiger partial charge is 0.371 e. The van der Waals surface area contributed by atoms with Crippen LogP contribution < -0.4 is 5.32 Å². The van der Waals surface area contributed by atoms with Crippen LogP contribution in [0.2, 0.25) is 0 Å². The minimum atomic E-state index is -0.565. The summed E-state index contributed by atoms with van der Waals surface area (Å²) < 4.78 is 29.8. The zero-order valence-corrected chi connectivity index (χ0v) is 17.8. The number of pyridine rings is 1. The molecule has 1 saturated carbocycles. The van der Waals surface area contributed by atoms with Crippen molar-refractivity contribution < 1.29 is 8.78 Å². The van der Waals surface area contributed by atoms with Crippen LogP contribution in [-0.2, 0) is 5.54 Å². The van der Waals surface area contributed by atoms with Gasteiger partial charge in [0.05, 0.1) is 23.1 Å². The summed E-state index contributed by atoms with van der Waals surface area (Å²) in [7, 11) is 0. The van der Waals surface area contributed by atoms with E-state index >= 15 is 0 Å². The first-order chi connectivity index (χ1) is 14.9. The van der Waals surface area contributed by atoms with Gasteiger partial charge in [-0.15, -0.1) is 0 Å². The molecule has 160 valence electrons. The lowest BCUT2D eigenvalue weighted by Crippen LogP contribution is -2.44. The summed E-state index contributed by atoms with van der Waals surface area (Å²) in [6.07, 6.45) is 7.26. The smallest absolute Gasteiger partial charge is 0.161 e. The van der Waals surface area contributed by atoms with Crippen molar-refractivity contribution in [2.24, 2.45) is 5.92 Å². The van der Waals surface area contributed by atoms with Crippen LogP contribution >= 0.6 is 0 Å². The third kappa shape index (κ3) is 3.16. The predicted molar refractivity (Wildman–Crippen MR) is 118 cm³/mol. The van der Waals surface area contributed by atoms with Crippen molar-refractivity contribution in [2.45, 2.75) is 51.0 Å². The summed E-state index contributed by atoms with van der Waals surface area (Å²) >= 11 is 0. The molecule has 3 aromatic rings. The van der Waals surface area contributed by atoms with Gasteiger partial charge in [-0.05, 0) is 61.4 Å². The molecule has 1 spiro atoms. The number of anilines is 1. The van der Waals surface area contributed by atoms with E-state index < -0.39 is 11.6 Å². The average molecular weight is 421 g/mol. The Labute approximate surface area is 181 Å². The van der Waals surface area contributed by atoms with Crippen molar-refractivity contribution in [3.05, 3.63) is 78.0 Å². The van der Waals surface area contributed by atoms with E-state index in [0.29, 0.717) is 5.56 Å². The number of hydrogen-bond acceptors (Lipinski definition) is 3. The Kier molecular flexibility index (Phi) is 4.68. The molecule has 6 heteroatoms. The summed E-state index contributed by atoms with van der Waals surface area (Å²) in [4.78, 5) is 9.38. The number of aromatic nitrogens is 3. The molecule has 3 heterocycles. The molecular weight excluding hydrogens is 394 g/mol. The molecule has 2 aromatic heterocycles. The predicted octanol–water partition coefficient (Wildman–Crippen LogP) is 6.19. The van der Waals surface area contributed by atoms with E-state index in [4.69, 9.17) is 4.98 Å². The molecule has 0 amide bonds. The summed E-state index contributed by atoms with van der Waals surface area (Å²) in [5.41, 5.74) is 3.08. The lowest BCUT2D eigenvalue weighted by molar-refractivity contribution is 0.279. The van der Waals surface area contributed by atoms with Crippen molar-refractivity contribution >= 4 is 11.3 Å². The number of benzene rings is 1. The van der Waals surface area contributed by atoms with Gasteiger partial charge < -0.3 is 5.32 Å². The highest BCUT2D eigenvalue weighted by molar-refractivity contribution is 5.67. The standard InChI is InChI=1S/C25H26F2N4/c1-15(2)23-29-14-22-25(30-21-5-4-12-28-24(21)31(22)23)10-8-17(9-11-25)16(3)19-7-6-18(26)13-20(19)27/h4-7,12-15,17,30H,3,8-11H2,1-2H3. The number of halogens is 2. The van der Waals surface area contributed by atoms with Gasteiger partial charge in [-0.3, -0.25) is 4.57 Å². The van der Waals surface area contributed by atoms with Gasteiger partial charge in [-0.25, -0.2) is 18.7 Å². The molecule has 4 nitrogen and oxygen atoms in total. The van der Waals surface area contributed by atoms with Gasteiger partial charge in [0.1, 0.15) is 17.5 Å². The molecule has 1 aliphatic carbocycles. The first-order valence-electron chi connectivity index (χ1n) is 10.9. The number of nitrogens with one attached hydrogen (secondary N) is 1. The van der Waals surface area contributed by atoms with Gasteiger partial charge in [-0.2, -0.15) is 0 Å². The molecule has 31 heavy (non-hydrogen) atoms. The van der Waals surface area contributed by atoms with Crippen LogP contribution in [0.5, 0.6) is 0 Å². The van der Waals surface area contributed by atoms with E-state index in [1.807, 2.05) is 18.5 Å². The molecule has 0 saturated heterocycles. The van der Waals surface area contributed by atoms with Crippen LogP contribution in [0.3, 0.4) is 0 Å². The Morgan fingerprint density at radius 2 is 1.97 bits per heavy atom. The molecule has 2 aliphatic rings. The summed E-state index contributed by atoms with van der Waals surface area (Å²) in [6, 6.07) is 7.75. The van der Waals surface area contributed by atoms with Gasteiger partial charge >= 0.3 is 0 Å². The fourth-order valence-electron chi connectivity index (χ4n) is 5.14. The van der Waals surface area contributed by atoms with Crippen LogP contribution in [0.25, 0.3) is 11.4 Å². The summed E-state index contributed by atoms with van der Waals surface area (Å²) in [6.45, 7) is 8.46. The van der Waals surface area contributed by atoms with E-state index in [0.717, 1.165) is 60.3 Å². The van der Waals surface area contributed by atoms with E-state index in [9.17, 15) is 8.78 Å². The second-order valence-corrected chi connectivity index (χ2v) is 9.00. The zero-order valence-electron chi connectivity index (χ0n) is 17.8. The van der Waals surface area contributed by atoms with Crippen molar-refractivity contribution in [1.29, 1.82) is 0 Å². The zero-order chi connectivity index (χ0) is 21.8. The molecule has 0 bridgehead atoms. The lowest BCUT2D eigenvalue weighted by Gasteiger charge is -2.45. The molecule has 0 radical (unpaired) electrons. The minimum Gasteiger partial charge on any atom is -0.371 e. The van der Waals surface area contributed by atoms with E-state index in [1.165, 1.54) is 12.1 Å². The van der Waals surface area contributed by atoms with Gasteiger partial charge in [0, 0.05) is 23.7 Å². The fraction of sp³-hybridized carbons (Fsp3) is 0.360. The normalized spacial score (nSPS) is 22.2. The van der Waals surface area contributed by atoms with Gasteiger partial charge in [-0.1, -0.05) is 20.4 Å². The highest BCUT2D eigenvalue weighted by Gasteiger charge is 2.44. The van der Waals surface area contributed by atoms with Crippen molar-refractivity contribution in [3.8, 4) is 5.82 Å². The summed E-state index contributed by atoms with van der Waals surface area (Å²) in [5.74, 6) is 1.23. The highest BCUT2D eigenvalue weighted by Crippen LogP contribution is 2.49. The fourth-order valence-corrected chi connectivity index (χ4v) is 5.14. The lowest BCUT2D eigenvalue weighted by atomic mass is 9.71. The first-order valence-corrected chi connectivity index (χ1v) is 10.9. The second-order valence-electron chi connectivity index (χ2n) is 9.00. The van der Waals surface area contributed by atoms with Crippen molar-refractivity contribution in [2.75, 3.05) is 5.32 Å². The number of rotatable bonds is 3. The molecular formula is C25H26F2N4. The van der Waals surface area contributed by atoms with Gasteiger partial charge in [0.15, 0.2) is 5.82 Å². The van der Waals surface area contributed by atoms with Crippen LogP contribution in [0.4, 0.5) is 14.5 Å². The maximum Gasteiger partial charge on any atom is 0.161 e. The van der Waals surface area contributed by atoms with Gasteiger partial charge in [0.25, 0.3) is 0 Å². The Bertz CT molecular complexity index is 1160. The average Bonchev–Trinajstić information content (AvgIpc) is 3.21. The summed E-state index contributed by atoms with van der Waals surface area (Å²) in [5, 5.41) is 3.76. The molecule has 0 unspecified atom stereocenters. The highest BCUT2D eigenvalue weighted by atomic mass is 19.1. The molecule has 1 aliphatic heterocycles. The topological polar surface area (TPSA) is 42.7 Å². The molecule has 5 rings (SSSR count). The first kappa shape index (κ1) is 19.9. The van der Waals surface area contributed by atoms with Crippen molar-refractivity contribution in [3.63, 3.8) is 0 Å². The number of hydrogen-bond donors (Lipinski definition) is 1. The minimum absolute atomic E-state index is 0.156. The maximum atomic E-state index is 14.3. The number of fused-ring (bicyclic) bond motifs is 4. The quantitative estimate of drug-likeness (QED) is 0.549. The monoisotopic (exact) mass is 420 g/mol. The number of nitrogens with zero attached hydrogens (tertiary/aromatic N) is 3. The second kappa shape index (κ2) is 7.29. The van der Waals surface area contributed by atoms with Crippen LogP contribution in [0.1, 0.15) is 62.5 Å². The third-order valence-corrected chi connectivity index (χ3v) is 6.78. The Morgan fingerprint density at radius 1 is 1.19 bits per heavy atom. The maximum absolute atomic E-state index is 14.3. The molecule has 1 N–H and O–H groups in total. The van der Waals surface area contributed by atoms with E-state index in [1.54, 1.807) is 0 Å². The van der Waals surface area contributed by atoms with Crippen LogP contribution in [0, 0.1) is 17.6 Å². The third-order valence-electron chi connectivity index (χ3n) is 6.78. The Morgan fingerprint density at radius 3 is 2.68 bits per heavy atom. The van der Waals surface area contributed by atoms with E-state index in [-0.39, 0.29) is 17.4 Å². The molecule has 0 atom stereocenters. The number of imidazole rings is 1. The van der Waals surface area contributed by atoms with E-state index in [2.05, 4.69) is 41.4 Å². The Hall–Kier alpha value is -3.02. The van der Waals surface area contributed by atoms with Crippen LogP contribution in [-0.4, -0.2) is 14.5 Å². The van der Waals surface area contributed by atoms with Crippen molar-refractivity contribution in [1.82, 2.24) is 14.5 Å². The Balaban J connectivity index is 1.46. The van der Waals surface area contributed by atoms with Gasteiger partial charge in [0.2, 0.25) is 0 Å². The van der Waals surface area contributed by atoms with Crippen LogP contribution in [0.15, 0.2) is 49.3 Å². The SMILES string of the molecule is C=C(c1ccc(F)cc1F)C1CCC2(CC1)Nc1cccnc1-n1c2cnc1C(C)C. The molecule has 1 aromatic carbocycles. The number of allylic oxidation sites excluding steroid dienone is 1. The molecule has 1 fully saturated rings.